The topological polar surface area (TPSA) is 42.0 Å². The lowest BCUT2D eigenvalue weighted by Gasteiger charge is -2.06. The highest BCUT2D eigenvalue weighted by Crippen LogP contribution is 2.19. The molecule has 0 radical (unpaired) electrons. The fourth-order valence-electron chi connectivity index (χ4n) is 1.33. The van der Waals surface area contributed by atoms with Crippen LogP contribution in [-0.2, 0) is 0 Å². The highest BCUT2D eigenvalue weighted by atomic mass is 35.5. The smallest absolute Gasteiger partial charge is 0.258 e. The average Bonchev–Trinajstić information content (AvgIpc) is 2.34. The van der Waals surface area contributed by atoms with Crippen LogP contribution in [0.25, 0.3) is 0 Å². The molecule has 0 aliphatic heterocycles. The molecule has 0 atom stereocenters. The van der Waals surface area contributed by atoms with E-state index < -0.39 is 17.5 Å². The molecular formula is C12H7ClF2N2O. The highest BCUT2D eigenvalue weighted by molar-refractivity contribution is 6.30. The van der Waals surface area contributed by atoms with Crippen molar-refractivity contribution in [3.05, 3.63) is 58.9 Å². The van der Waals surface area contributed by atoms with E-state index in [1.807, 2.05) is 0 Å². The van der Waals surface area contributed by atoms with Crippen molar-refractivity contribution < 1.29 is 13.6 Å². The first-order valence-corrected chi connectivity index (χ1v) is 5.31. The van der Waals surface area contributed by atoms with Gasteiger partial charge in [-0.05, 0) is 24.3 Å². The molecule has 0 bridgehead atoms. The van der Waals surface area contributed by atoms with Gasteiger partial charge in [-0.15, -0.1) is 0 Å². The Labute approximate surface area is 106 Å². The number of aromatic nitrogens is 1. The monoisotopic (exact) mass is 268 g/mol. The first-order valence-electron chi connectivity index (χ1n) is 4.94. The molecule has 0 saturated heterocycles. The van der Waals surface area contributed by atoms with E-state index in [2.05, 4.69) is 10.3 Å². The number of carbonyl (C=O) groups is 1. The average molecular weight is 269 g/mol. The van der Waals surface area contributed by atoms with Crippen molar-refractivity contribution in [1.82, 2.24) is 4.98 Å². The summed E-state index contributed by atoms with van der Waals surface area (Å²) in [5.41, 5.74) is 0.0264. The number of carbonyl (C=O) groups excluding carboxylic acids is 1. The predicted molar refractivity (Wildman–Crippen MR) is 63.6 cm³/mol. The van der Waals surface area contributed by atoms with Crippen molar-refractivity contribution in [2.75, 3.05) is 5.32 Å². The predicted octanol–water partition coefficient (Wildman–Crippen LogP) is 3.27. The Morgan fingerprint density at radius 2 is 2.00 bits per heavy atom. The summed E-state index contributed by atoms with van der Waals surface area (Å²) in [6.07, 6.45) is 2.22. The molecule has 0 fully saturated rings. The summed E-state index contributed by atoms with van der Waals surface area (Å²) in [6, 6.07) is 5.01. The van der Waals surface area contributed by atoms with Crippen LogP contribution in [-0.4, -0.2) is 10.9 Å². The number of benzene rings is 1. The van der Waals surface area contributed by atoms with Crippen molar-refractivity contribution in [2.24, 2.45) is 0 Å². The second-order valence-corrected chi connectivity index (χ2v) is 3.85. The van der Waals surface area contributed by atoms with Crippen molar-refractivity contribution in [2.45, 2.75) is 0 Å². The van der Waals surface area contributed by atoms with Gasteiger partial charge in [-0.1, -0.05) is 11.6 Å². The van der Waals surface area contributed by atoms with Crippen LogP contribution in [0.15, 0.2) is 36.7 Å². The van der Waals surface area contributed by atoms with Gasteiger partial charge in [-0.3, -0.25) is 9.78 Å². The number of rotatable bonds is 2. The molecule has 0 saturated carbocycles. The van der Waals surface area contributed by atoms with Gasteiger partial charge >= 0.3 is 0 Å². The molecule has 0 aliphatic carbocycles. The molecular weight excluding hydrogens is 262 g/mol. The third kappa shape index (κ3) is 2.62. The van der Waals surface area contributed by atoms with E-state index in [0.29, 0.717) is 0 Å². The zero-order valence-electron chi connectivity index (χ0n) is 8.95. The van der Waals surface area contributed by atoms with Gasteiger partial charge in [0.15, 0.2) is 5.82 Å². The lowest BCUT2D eigenvalue weighted by atomic mass is 10.2. The van der Waals surface area contributed by atoms with Gasteiger partial charge in [0.2, 0.25) is 0 Å². The molecule has 0 unspecified atom stereocenters. The summed E-state index contributed by atoms with van der Waals surface area (Å²) in [5, 5.41) is 2.31. The number of amides is 1. The lowest BCUT2D eigenvalue weighted by molar-refractivity contribution is 0.102. The van der Waals surface area contributed by atoms with Gasteiger partial charge in [0.1, 0.15) is 5.82 Å². The van der Waals surface area contributed by atoms with Crippen LogP contribution in [0.5, 0.6) is 0 Å². The standard InChI is InChI=1S/C12H7ClF2N2O/c13-9-2-1-7(5-10(9)14)17-12(18)8-3-4-16-6-11(8)15/h1-6H,(H,17,18). The molecule has 0 spiro atoms. The molecule has 2 aromatic rings. The van der Waals surface area contributed by atoms with Gasteiger partial charge in [0, 0.05) is 11.9 Å². The molecule has 0 aliphatic rings. The van der Waals surface area contributed by atoms with E-state index >= 15 is 0 Å². The van der Waals surface area contributed by atoms with Gasteiger partial charge in [0.25, 0.3) is 5.91 Å². The van der Waals surface area contributed by atoms with E-state index in [4.69, 9.17) is 11.6 Å². The highest BCUT2D eigenvalue weighted by Gasteiger charge is 2.12. The van der Waals surface area contributed by atoms with E-state index in [0.717, 1.165) is 12.3 Å². The normalized spacial score (nSPS) is 10.2. The fourth-order valence-corrected chi connectivity index (χ4v) is 1.45. The Hall–Kier alpha value is -2.01. The molecule has 6 heteroatoms. The van der Waals surface area contributed by atoms with E-state index in [-0.39, 0.29) is 16.3 Å². The number of nitrogens with zero attached hydrogens (tertiary/aromatic N) is 1. The maximum Gasteiger partial charge on any atom is 0.258 e. The maximum absolute atomic E-state index is 13.3. The van der Waals surface area contributed by atoms with Gasteiger partial charge in [-0.2, -0.15) is 0 Å². The number of anilines is 1. The molecule has 1 amide bonds. The van der Waals surface area contributed by atoms with Gasteiger partial charge in [-0.25, -0.2) is 8.78 Å². The Kier molecular flexibility index (Phi) is 3.53. The number of hydrogen-bond donors (Lipinski definition) is 1. The van der Waals surface area contributed by atoms with Crippen LogP contribution < -0.4 is 5.32 Å². The first-order chi connectivity index (χ1) is 8.58. The SMILES string of the molecule is O=C(Nc1ccc(Cl)c(F)c1)c1ccncc1F. The molecule has 18 heavy (non-hydrogen) atoms. The quantitative estimate of drug-likeness (QED) is 0.908. The number of pyridine rings is 1. The van der Waals surface area contributed by atoms with Gasteiger partial charge in [0.05, 0.1) is 16.8 Å². The van der Waals surface area contributed by atoms with Crippen molar-refractivity contribution in [1.29, 1.82) is 0 Å². The number of nitrogens with one attached hydrogen (secondary N) is 1. The van der Waals surface area contributed by atoms with E-state index in [9.17, 15) is 13.6 Å². The summed E-state index contributed by atoms with van der Waals surface area (Å²) >= 11 is 5.50. The molecule has 1 aromatic carbocycles. The summed E-state index contributed by atoms with van der Waals surface area (Å²) < 4.78 is 26.4. The fraction of sp³-hybridized carbons (Fsp3) is 0. The van der Waals surface area contributed by atoms with Crippen molar-refractivity contribution in [3.8, 4) is 0 Å². The zero-order valence-corrected chi connectivity index (χ0v) is 9.71. The minimum atomic E-state index is -0.746. The summed E-state index contributed by atoms with van der Waals surface area (Å²) in [4.78, 5) is 15.2. The third-order valence-corrected chi connectivity index (χ3v) is 2.50. The van der Waals surface area contributed by atoms with Crippen molar-refractivity contribution >= 4 is 23.2 Å². The van der Waals surface area contributed by atoms with Crippen molar-refractivity contribution in [3.63, 3.8) is 0 Å². The van der Waals surface area contributed by atoms with E-state index in [1.54, 1.807) is 0 Å². The largest absolute Gasteiger partial charge is 0.322 e. The summed E-state index contributed by atoms with van der Waals surface area (Å²) in [5.74, 6) is -2.09. The molecule has 2 rings (SSSR count). The Morgan fingerprint density at radius 1 is 1.22 bits per heavy atom. The summed E-state index contributed by atoms with van der Waals surface area (Å²) in [7, 11) is 0. The first kappa shape index (κ1) is 12.4. The molecule has 1 aromatic heterocycles. The second kappa shape index (κ2) is 5.10. The number of hydrogen-bond acceptors (Lipinski definition) is 2. The van der Waals surface area contributed by atoms with Gasteiger partial charge < -0.3 is 5.32 Å². The second-order valence-electron chi connectivity index (χ2n) is 3.44. The number of halogens is 3. The minimum Gasteiger partial charge on any atom is -0.322 e. The maximum atomic E-state index is 13.3. The van der Waals surface area contributed by atoms with Crippen LogP contribution in [0.4, 0.5) is 14.5 Å². The van der Waals surface area contributed by atoms with Crippen LogP contribution in [0.3, 0.4) is 0 Å². The van der Waals surface area contributed by atoms with E-state index in [1.165, 1.54) is 24.4 Å². The molecule has 1 N–H and O–H groups in total. The van der Waals surface area contributed by atoms with Crippen LogP contribution in [0, 0.1) is 11.6 Å². The Morgan fingerprint density at radius 3 is 2.67 bits per heavy atom. The Balaban J connectivity index is 2.22. The molecule has 3 nitrogen and oxygen atoms in total. The minimum absolute atomic E-state index is 0.0527. The zero-order chi connectivity index (χ0) is 13.1. The summed E-state index contributed by atoms with van der Waals surface area (Å²) in [6.45, 7) is 0. The molecule has 1 heterocycles. The third-order valence-electron chi connectivity index (χ3n) is 2.19. The van der Waals surface area contributed by atoms with Crippen LogP contribution in [0.2, 0.25) is 5.02 Å². The van der Waals surface area contributed by atoms with Crippen LogP contribution >= 0.6 is 11.6 Å². The molecule has 92 valence electrons. The lowest BCUT2D eigenvalue weighted by Crippen LogP contribution is -2.14. The Bertz CT molecular complexity index is 604. The van der Waals surface area contributed by atoms with Crippen LogP contribution in [0.1, 0.15) is 10.4 Å².